The van der Waals surface area contributed by atoms with Crippen LogP contribution in [0.4, 0.5) is 5.69 Å². The highest BCUT2D eigenvalue weighted by molar-refractivity contribution is 6.31. The summed E-state index contributed by atoms with van der Waals surface area (Å²) >= 11 is 6.18. The van der Waals surface area contributed by atoms with Crippen LogP contribution in [0, 0.1) is 16.0 Å². The van der Waals surface area contributed by atoms with E-state index in [1.165, 1.54) is 18.9 Å². The summed E-state index contributed by atoms with van der Waals surface area (Å²) in [6.45, 7) is 2.20. The molecule has 3 rings (SSSR count). The Labute approximate surface area is 152 Å². The number of nitro groups is 1. The van der Waals surface area contributed by atoms with E-state index in [0.717, 1.165) is 44.3 Å². The second-order valence-electron chi connectivity index (χ2n) is 7.07. The molecule has 0 radical (unpaired) electrons. The van der Waals surface area contributed by atoms with Gasteiger partial charge in [-0.25, -0.2) is 0 Å². The van der Waals surface area contributed by atoms with Crippen LogP contribution in [0.25, 0.3) is 0 Å². The van der Waals surface area contributed by atoms with Crippen molar-refractivity contribution in [1.29, 1.82) is 0 Å². The molecule has 1 heterocycles. The molecule has 136 valence electrons. The molecule has 0 bridgehead atoms. The first-order chi connectivity index (χ1) is 12.0. The number of halogens is 1. The van der Waals surface area contributed by atoms with Gasteiger partial charge in [-0.3, -0.25) is 19.8 Å². The van der Waals surface area contributed by atoms with Crippen LogP contribution in [0.5, 0.6) is 0 Å². The predicted molar refractivity (Wildman–Crippen MR) is 96.5 cm³/mol. The van der Waals surface area contributed by atoms with Gasteiger partial charge in [0.2, 0.25) is 5.91 Å². The van der Waals surface area contributed by atoms with Crippen molar-refractivity contribution in [3.63, 3.8) is 0 Å². The van der Waals surface area contributed by atoms with Crippen molar-refractivity contribution in [1.82, 2.24) is 10.2 Å². The van der Waals surface area contributed by atoms with Crippen LogP contribution in [0.15, 0.2) is 18.2 Å². The number of rotatable bonds is 5. The average molecular weight is 366 g/mol. The van der Waals surface area contributed by atoms with Crippen LogP contribution in [-0.2, 0) is 11.3 Å². The summed E-state index contributed by atoms with van der Waals surface area (Å²) in [6.07, 6.45) is 6.29. The molecule has 1 saturated carbocycles. The lowest BCUT2D eigenvalue weighted by Gasteiger charge is -2.32. The topological polar surface area (TPSA) is 75.5 Å². The molecule has 1 aromatic rings. The SMILES string of the molecule is O=C(NC1CCCC1)C1CCN(Cc2cc([N+](=O)[O-])ccc2Cl)CC1. The summed E-state index contributed by atoms with van der Waals surface area (Å²) in [5, 5.41) is 14.7. The van der Waals surface area contributed by atoms with Crippen LogP contribution in [0.1, 0.15) is 44.1 Å². The first kappa shape index (κ1) is 18.1. The Hall–Kier alpha value is -1.66. The number of nitrogens with one attached hydrogen (secondary N) is 1. The molecule has 25 heavy (non-hydrogen) atoms. The Bertz CT molecular complexity index is 638. The van der Waals surface area contributed by atoms with Crippen molar-refractivity contribution in [2.75, 3.05) is 13.1 Å². The molecule has 1 amide bonds. The zero-order valence-electron chi connectivity index (χ0n) is 14.2. The van der Waals surface area contributed by atoms with Crippen molar-refractivity contribution in [3.8, 4) is 0 Å². The maximum absolute atomic E-state index is 12.4. The molecule has 1 aliphatic carbocycles. The summed E-state index contributed by atoms with van der Waals surface area (Å²) in [7, 11) is 0. The summed E-state index contributed by atoms with van der Waals surface area (Å²) < 4.78 is 0. The van der Waals surface area contributed by atoms with E-state index in [4.69, 9.17) is 11.6 Å². The number of benzene rings is 1. The average Bonchev–Trinajstić information content (AvgIpc) is 3.10. The Kier molecular flexibility index (Phi) is 5.91. The van der Waals surface area contributed by atoms with Gasteiger partial charge in [0.05, 0.1) is 4.92 Å². The largest absolute Gasteiger partial charge is 0.353 e. The summed E-state index contributed by atoms with van der Waals surface area (Å²) in [6, 6.07) is 4.91. The van der Waals surface area contributed by atoms with Crippen LogP contribution >= 0.6 is 11.6 Å². The number of non-ortho nitro benzene ring substituents is 1. The van der Waals surface area contributed by atoms with E-state index < -0.39 is 4.92 Å². The molecule has 1 aliphatic heterocycles. The number of hydrogen-bond acceptors (Lipinski definition) is 4. The van der Waals surface area contributed by atoms with Gasteiger partial charge in [0.1, 0.15) is 0 Å². The molecular formula is C18H24ClN3O3. The molecular weight excluding hydrogens is 342 g/mol. The van der Waals surface area contributed by atoms with Crippen molar-refractivity contribution in [2.45, 2.75) is 51.1 Å². The Balaban J connectivity index is 1.51. The normalized spacial score (nSPS) is 19.9. The minimum absolute atomic E-state index is 0.0604. The number of carbonyl (C=O) groups excluding carboxylic acids is 1. The van der Waals surface area contributed by atoms with Crippen LogP contribution < -0.4 is 5.32 Å². The predicted octanol–water partition coefficient (Wildman–Crippen LogP) is 3.52. The number of hydrogen-bond donors (Lipinski definition) is 1. The van der Waals surface area contributed by atoms with Crippen LogP contribution in [-0.4, -0.2) is 34.9 Å². The van der Waals surface area contributed by atoms with Gasteiger partial charge in [0, 0.05) is 35.7 Å². The van der Waals surface area contributed by atoms with Gasteiger partial charge >= 0.3 is 0 Å². The van der Waals surface area contributed by atoms with Crippen LogP contribution in [0.2, 0.25) is 5.02 Å². The van der Waals surface area contributed by atoms with E-state index >= 15 is 0 Å². The number of piperidine rings is 1. The van der Waals surface area contributed by atoms with E-state index in [2.05, 4.69) is 10.2 Å². The Morgan fingerprint density at radius 3 is 2.56 bits per heavy atom. The third-order valence-corrected chi connectivity index (χ3v) is 5.66. The standard InChI is InChI=1S/C18H24ClN3O3/c19-17-6-5-16(22(24)25)11-14(17)12-21-9-7-13(8-10-21)18(23)20-15-3-1-2-4-15/h5-6,11,13,15H,1-4,7-10,12H2,(H,20,23). The number of likely N-dealkylation sites (tertiary alicyclic amines) is 1. The third-order valence-electron chi connectivity index (χ3n) is 5.29. The lowest BCUT2D eigenvalue weighted by atomic mass is 9.95. The maximum Gasteiger partial charge on any atom is 0.269 e. The zero-order valence-corrected chi connectivity index (χ0v) is 15.0. The van der Waals surface area contributed by atoms with Gasteiger partial charge in [0.25, 0.3) is 5.69 Å². The van der Waals surface area contributed by atoms with E-state index in [1.54, 1.807) is 12.1 Å². The van der Waals surface area contributed by atoms with Crippen molar-refractivity contribution in [2.24, 2.45) is 5.92 Å². The Morgan fingerprint density at radius 1 is 1.24 bits per heavy atom. The number of carbonyl (C=O) groups is 1. The van der Waals surface area contributed by atoms with Crippen molar-refractivity contribution < 1.29 is 9.72 Å². The van der Waals surface area contributed by atoms with Gasteiger partial charge < -0.3 is 5.32 Å². The summed E-state index contributed by atoms with van der Waals surface area (Å²) in [4.78, 5) is 25.1. The van der Waals surface area contributed by atoms with Gasteiger partial charge in [-0.1, -0.05) is 24.4 Å². The molecule has 1 saturated heterocycles. The molecule has 0 spiro atoms. The van der Waals surface area contributed by atoms with E-state index in [9.17, 15) is 14.9 Å². The quantitative estimate of drug-likeness (QED) is 0.639. The minimum Gasteiger partial charge on any atom is -0.353 e. The highest BCUT2D eigenvalue weighted by Gasteiger charge is 2.27. The van der Waals surface area contributed by atoms with Gasteiger partial charge in [-0.15, -0.1) is 0 Å². The molecule has 7 heteroatoms. The number of amides is 1. The third kappa shape index (κ3) is 4.70. The fourth-order valence-electron chi connectivity index (χ4n) is 3.78. The highest BCUT2D eigenvalue weighted by Crippen LogP contribution is 2.26. The highest BCUT2D eigenvalue weighted by atomic mass is 35.5. The first-order valence-corrected chi connectivity index (χ1v) is 9.36. The summed E-state index contributed by atoms with van der Waals surface area (Å²) in [5.74, 6) is 0.275. The lowest BCUT2D eigenvalue weighted by Crippen LogP contribution is -2.43. The fourth-order valence-corrected chi connectivity index (χ4v) is 3.96. The lowest BCUT2D eigenvalue weighted by molar-refractivity contribution is -0.384. The molecule has 0 unspecified atom stereocenters. The smallest absolute Gasteiger partial charge is 0.269 e. The van der Waals surface area contributed by atoms with E-state index in [0.29, 0.717) is 17.6 Å². The first-order valence-electron chi connectivity index (χ1n) is 8.98. The molecule has 6 nitrogen and oxygen atoms in total. The monoisotopic (exact) mass is 365 g/mol. The molecule has 2 aliphatic rings. The fraction of sp³-hybridized carbons (Fsp3) is 0.611. The molecule has 1 N–H and O–H groups in total. The van der Waals surface area contributed by atoms with E-state index in [-0.39, 0.29) is 17.5 Å². The van der Waals surface area contributed by atoms with Gasteiger partial charge in [-0.2, -0.15) is 0 Å². The van der Waals surface area contributed by atoms with Gasteiger partial charge in [-0.05, 0) is 50.4 Å². The molecule has 0 aromatic heterocycles. The Morgan fingerprint density at radius 2 is 1.92 bits per heavy atom. The van der Waals surface area contributed by atoms with E-state index in [1.807, 2.05) is 0 Å². The number of nitro benzene ring substituents is 1. The molecule has 2 fully saturated rings. The molecule has 0 atom stereocenters. The minimum atomic E-state index is -0.403. The zero-order chi connectivity index (χ0) is 17.8. The second-order valence-corrected chi connectivity index (χ2v) is 7.48. The molecule has 1 aromatic carbocycles. The van der Waals surface area contributed by atoms with Crippen LogP contribution in [0.3, 0.4) is 0 Å². The van der Waals surface area contributed by atoms with Gasteiger partial charge in [0.15, 0.2) is 0 Å². The maximum atomic E-state index is 12.4. The summed E-state index contributed by atoms with van der Waals surface area (Å²) in [5.41, 5.74) is 0.829. The van der Waals surface area contributed by atoms with Crippen molar-refractivity contribution >= 4 is 23.2 Å². The van der Waals surface area contributed by atoms with Crippen molar-refractivity contribution in [3.05, 3.63) is 38.9 Å². The number of nitrogens with zero attached hydrogens (tertiary/aromatic N) is 2. The second kappa shape index (κ2) is 8.15.